The summed E-state index contributed by atoms with van der Waals surface area (Å²) in [5.41, 5.74) is 8.90. The van der Waals surface area contributed by atoms with Crippen molar-refractivity contribution < 1.29 is 9.53 Å². The molecular weight excluding hydrogens is 426 g/mol. The second-order valence-electron chi connectivity index (χ2n) is 7.38. The molecular formula is C24H26ClN5O2. The van der Waals surface area contributed by atoms with Crippen molar-refractivity contribution in [1.82, 2.24) is 15.1 Å². The van der Waals surface area contributed by atoms with Crippen LogP contribution in [0.4, 0.5) is 5.82 Å². The van der Waals surface area contributed by atoms with E-state index in [-0.39, 0.29) is 5.91 Å². The fourth-order valence-electron chi connectivity index (χ4n) is 3.30. The maximum absolute atomic E-state index is 12.1. The third-order valence-corrected chi connectivity index (χ3v) is 5.20. The summed E-state index contributed by atoms with van der Waals surface area (Å²) in [7, 11) is 0. The van der Waals surface area contributed by atoms with Gasteiger partial charge in [-0.05, 0) is 62.1 Å². The number of hydrogen-bond acceptors (Lipinski definition) is 5. The Hall–Kier alpha value is -3.50. The first-order valence-electron chi connectivity index (χ1n) is 10.5. The number of nitrogens with zero attached hydrogens (tertiary/aromatic N) is 3. The van der Waals surface area contributed by atoms with E-state index in [1.54, 1.807) is 10.7 Å². The minimum absolute atomic E-state index is 0.0312. The zero-order chi connectivity index (χ0) is 22.9. The van der Waals surface area contributed by atoms with E-state index in [9.17, 15) is 10.1 Å². The molecule has 0 unspecified atom stereocenters. The Morgan fingerprint density at radius 1 is 1.25 bits per heavy atom. The lowest BCUT2D eigenvalue weighted by atomic mass is 10.1. The first kappa shape index (κ1) is 23.2. The Morgan fingerprint density at radius 2 is 2.03 bits per heavy atom. The first-order valence-corrected chi connectivity index (χ1v) is 10.9. The predicted octanol–water partition coefficient (Wildman–Crippen LogP) is 4.20. The van der Waals surface area contributed by atoms with Crippen LogP contribution in [0.15, 0.2) is 48.5 Å². The van der Waals surface area contributed by atoms with E-state index in [0.29, 0.717) is 60.9 Å². The van der Waals surface area contributed by atoms with Gasteiger partial charge in [-0.1, -0.05) is 29.8 Å². The summed E-state index contributed by atoms with van der Waals surface area (Å²) in [4.78, 5) is 12.1. The molecule has 0 atom stereocenters. The van der Waals surface area contributed by atoms with E-state index in [1.165, 1.54) is 0 Å². The van der Waals surface area contributed by atoms with Crippen LogP contribution in [0.25, 0.3) is 5.69 Å². The van der Waals surface area contributed by atoms with Gasteiger partial charge >= 0.3 is 0 Å². The molecule has 1 aromatic heterocycles. The summed E-state index contributed by atoms with van der Waals surface area (Å²) in [5, 5.41) is 17.5. The van der Waals surface area contributed by atoms with Crippen LogP contribution in [0.3, 0.4) is 0 Å². The number of nitriles is 1. The van der Waals surface area contributed by atoms with Gasteiger partial charge < -0.3 is 15.8 Å². The highest BCUT2D eigenvalue weighted by atomic mass is 35.5. The van der Waals surface area contributed by atoms with Crippen molar-refractivity contribution in [2.75, 3.05) is 18.9 Å². The zero-order valence-electron chi connectivity index (χ0n) is 18.0. The molecule has 0 bridgehead atoms. The summed E-state index contributed by atoms with van der Waals surface area (Å²) in [6.45, 7) is 2.89. The van der Waals surface area contributed by atoms with E-state index in [1.807, 2.05) is 49.4 Å². The van der Waals surface area contributed by atoms with Crippen LogP contribution in [-0.2, 0) is 11.2 Å². The number of aryl methyl sites for hydroxylation is 2. The van der Waals surface area contributed by atoms with Crippen molar-refractivity contribution in [2.24, 2.45) is 0 Å². The number of aromatic nitrogens is 2. The maximum atomic E-state index is 12.1. The number of rotatable bonds is 10. The van der Waals surface area contributed by atoms with Crippen molar-refractivity contribution in [2.45, 2.75) is 32.6 Å². The number of benzene rings is 2. The number of hydrogen-bond donors (Lipinski definition) is 2. The molecule has 166 valence electrons. The minimum Gasteiger partial charge on any atom is -0.493 e. The molecule has 1 amide bonds. The molecule has 0 aliphatic carbocycles. The van der Waals surface area contributed by atoms with Gasteiger partial charge in [-0.3, -0.25) is 4.79 Å². The lowest BCUT2D eigenvalue weighted by Gasteiger charge is -2.09. The number of carbonyl (C=O) groups excluding carboxylic acids is 1. The van der Waals surface area contributed by atoms with Gasteiger partial charge in [0.05, 0.1) is 18.0 Å². The molecule has 0 spiro atoms. The molecule has 2 aromatic carbocycles. The van der Waals surface area contributed by atoms with E-state index >= 15 is 0 Å². The third-order valence-electron chi connectivity index (χ3n) is 4.96. The average Bonchev–Trinajstić information content (AvgIpc) is 3.11. The smallest absolute Gasteiger partial charge is 0.220 e. The molecule has 7 nitrogen and oxygen atoms in total. The van der Waals surface area contributed by atoms with Gasteiger partial charge in [0, 0.05) is 18.0 Å². The van der Waals surface area contributed by atoms with Gasteiger partial charge in [0.2, 0.25) is 5.91 Å². The van der Waals surface area contributed by atoms with Crippen molar-refractivity contribution in [1.29, 1.82) is 5.26 Å². The Balaban J connectivity index is 1.40. The van der Waals surface area contributed by atoms with Crippen molar-refractivity contribution in [3.63, 3.8) is 0 Å². The highest BCUT2D eigenvalue weighted by Gasteiger charge is 2.16. The van der Waals surface area contributed by atoms with Crippen LogP contribution in [0.2, 0.25) is 5.02 Å². The Kier molecular flexibility index (Phi) is 8.12. The van der Waals surface area contributed by atoms with Crippen LogP contribution >= 0.6 is 11.6 Å². The van der Waals surface area contributed by atoms with E-state index in [2.05, 4.69) is 16.5 Å². The topological polar surface area (TPSA) is 106 Å². The van der Waals surface area contributed by atoms with Gasteiger partial charge in [-0.25, -0.2) is 4.68 Å². The molecule has 1 heterocycles. The standard InChI is InChI=1S/C24H26ClN5O2/c1-17-15-18(25)11-12-22(17)32-14-6-10-23(31)28-13-5-9-21-20(16-26)24(27)30(29-21)19-7-3-2-4-8-19/h2-4,7-8,11-12,15H,5-6,9-10,13-14,27H2,1H3,(H,28,31). The van der Waals surface area contributed by atoms with E-state index < -0.39 is 0 Å². The number of anilines is 1. The second kappa shape index (κ2) is 11.2. The van der Waals surface area contributed by atoms with Gasteiger partial charge in [0.25, 0.3) is 0 Å². The van der Waals surface area contributed by atoms with Gasteiger partial charge in [-0.15, -0.1) is 0 Å². The molecule has 0 saturated carbocycles. The fraction of sp³-hybridized carbons (Fsp3) is 0.292. The first-order chi connectivity index (χ1) is 15.5. The number of ether oxygens (including phenoxy) is 1. The molecule has 0 aliphatic heterocycles. The van der Waals surface area contributed by atoms with Crippen LogP contribution in [0.5, 0.6) is 5.75 Å². The summed E-state index contributed by atoms with van der Waals surface area (Å²) in [5.74, 6) is 1.07. The monoisotopic (exact) mass is 451 g/mol. The van der Waals surface area contributed by atoms with Gasteiger partial charge in [0.1, 0.15) is 23.2 Å². The Labute approximate surface area is 192 Å². The van der Waals surface area contributed by atoms with E-state index in [4.69, 9.17) is 22.1 Å². The van der Waals surface area contributed by atoms with Crippen molar-refractivity contribution in [3.05, 3.63) is 70.4 Å². The molecule has 3 rings (SSSR count). The van der Waals surface area contributed by atoms with Crippen LogP contribution < -0.4 is 15.8 Å². The van der Waals surface area contributed by atoms with Gasteiger partial charge in [-0.2, -0.15) is 10.4 Å². The normalized spacial score (nSPS) is 10.5. The maximum Gasteiger partial charge on any atom is 0.220 e. The lowest BCUT2D eigenvalue weighted by Crippen LogP contribution is -2.25. The number of carbonyl (C=O) groups is 1. The highest BCUT2D eigenvalue weighted by molar-refractivity contribution is 6.30. The minimum atomic E-state index is -0.0312. The number of amides is 1. The largest absolute Gasteiger partial charge is 0.493 e. The Morgan fingerprint density at radius 3 is 2.75 bits per heavy atom. The molecule has 0 saturated heterocycles. The number of nitrogen functional groups attached to an aromatic ring is 1. The molecule has 0 aliphatic rings. The molecule has 3 aromatic rings. The zero-order valence-corrected chi connectivity index (χ0v) is 18.7. The third kappa shape index (κ3) is 6.02. The lowest BCUT2D eigenvalue weighted by molar-refractivity contribution is -0.121. The number of halogens is 1. The summed E-state index contributed by atoms with van der Waals surface area (Å²) < 4.78 is 7.29. The van der Waals surface area contributed by atoms with Crippen LogP contribution in [0.1, 0.15) is 36.1 Å². The van der Waals surface area contributed by atoms with E-state index in [0.717, 1.165) is 17.0 Å². The number of nitrogens with one attached hydrogen (secondary N) is 1. The number of para-hydroxylation sites is 1. The van der Waals surface area contributed by atoms with Crippen molar-refractivity contribution in [3.8, 4) is 17.5 Å². The van der Waals surface area contributed by atoms with Crippen LogP contribution in [0, 0.1) is 18.3 Å². The summed E-state index contributed by atoms with van der Waals surface area (Å²) >= 11 is 5.94. The van der Waals surface area contributed by atoms with Crippen molar-refractivity contribution >= 4 is 23.3 Å². The molecule has 32 heavy (non-hydrogen) atoms. The fourth-order valence-corrected chi connectivity index (χ4v) is 3.53. The summed E-state index contributed by atoms with van der Waals surface area (Å²) in [6.07, 6.45) is 2.20. The SMILES string of the molecule is Cc1cc(Cl)ccc1OCCCC(=O)NCCCc1nn(-c2ccccc2)c(N)c1C#N. The molecule has 8 heteroatoms. The summed E-state index contributed by atoms with van der Waals surface area (Å²) in [6, 6.07) is 17.0. The predicted molar refractivity (Wildman–Crippen MR) is 125 cm³/mol. The van der Waals surface area contributed by atoms with Crippen LogP contribution in [-0.4, -0.2) is 28.8 Å². The second-order valence-corrected chi connectivity index (χ2v) is 7.82. The quantitative estimate of drug-likeness (QED) is 0.449. The average molecular weight is 452 g/mol. The van der Waals surface area contributed by atoms with Gasteiger partial charge in [0.15, 0.2) is 0 Å². The Bertz CT molecular complexity index is 1110. The molecule has 3 N–H and O–H groups in total. The molecule has 0 radical (unpaired) electrons. The molecule has 0 fully saturated rings. The number of nitrogens with two attached hydrogens (primary N) is 1. The highest BCUT2D eigenvalue weighted by Crippen LogP contribution is 2.22.